The number of nitrogens with zero attached hydrogens (tertiary/aromatic N) is 2. The molecule has 1 aromatic heterocycles. The molecule has 100 valence electrons. The third-order valence-corrected chi connectivity index (χ3v) is 3.37. The Labute approximate surface area is 112 Å². The zero-order valence-corrected chi connectivity index (χ0v) is 11.7. The number of aromatic nitrogens is 1. The molecule has 0 aliphatic carbocycles. The number of amides is 1. The van der Waals surface area contributed by atoms with Crippen LogP contribution in [0.15, 0.2) is 24.3 Å². The van der Waals surface area contributed by atoms with Gasteiger partial charge in [-0.3, -0.25) is 9.59 Å². The van der Waals surface area contributed by atoms with Crippen LogP contribution in [-0.4, -0.2) is 35.3 Å². The molecule has 0 saturated carbocycles. The lowest BCUT2D eigenvalue weighted by Crippen LogP contribution is -2.30. The van der Waals surface area contributed by atoms with Crippen molar-refractivity contribution in [2.24, 2.45) is 0 Å². The molecule has 0 aliphatic rings. The van der Waals surface area contributed by atoms with Gasteiger partial charge >= 0.3 is 0 Å². The van der Waals surface area contributed by atoms with E-state index >= 15 is 0 Å². The topological polar surface area (TPSA) is 42.3 Å². The zero-order valence-electron chi connectivity index (χ0n) is 11.7. The summed E-state index contributed by atoms with van der Waals surface area (Å²) in [4.78, 5) is 25.6. The molecule has 0 aliphatic heterocycles. The third kappa shape index (κ3) is 2.03. The van der Waals surface area contributed by atoms with E-state index in [4.69, 9.17) is 0 Å². The van der Waals surface area contributed by atoms with Crippen LogP contribution in [0.3, 0.4) is 0 Å². The van der Waals surface area contributed by atoms with Gasteiger partial charge in [-0.2, -0.15) is 0 Å². The summed E-state index contributed by atoms with van der Waals surface area (Å²) in [6.45, 7) is 4.69. The first-order chi connectivity index (χ1) is 8.99. The summed E-state index contributed by atoms with van der Waals surface area (Å²) in [6, 6.07) is 7.70. The van der Waals surface area contributed by atoms with Crippen LogP contribution in [-0.2, 0) is 11.3 Å². The number of benzene rings is 1. The smallest absolute Gasteiger partial charge is 0.294 e. The number of para-hydroxylation sites is 1. The van der Waals surface area contributed by atoms with E-state index < -0.39 is 11.7 Å². The van der Waals surface area contributed by atoms with Crippen molar-refractivity contribution in [1.29, 1.82) is 0 Å². The maximum Gasteiger partial charge on any atom is 0.294 e. The summed E-state index contributed by atoms with van der Waals surface area (Å²) in [7, 11) is 3.18. The standard InChI is InChI=1S/C15H18N2O2/c1-5-17-10(2)13(14(18)15(19)16(3)4)11-8-6-7-9-12(11)17/h6-9H,5H2,1-4H3. The molecule has 19 heavy (non-hydrogen) atoms. The average Bonchev–Trinajstić information content (AvgIpc) is 2.68. The molecule has 0 N–H and O–H groups in total. The summed E-state index contributed by atoms with van der Waals surface area (Å²) < 4.78 is 2.06. The van der Waals surface area contributed by atoms with Gasteiger partial charge in [-0.05, 0) is 19.9 Å². The van der Waals surface area contributed by atoms with Crippen LogP contribution in [0.2, 0.25) is 0 Å². The number of aryl methyl sites for hydroxylation is 1. The van der Waals surface area contributed by atoms with Crippen molar-refractivity contribution in [1.82, 2.24) is 9.47 Å². The van der Waals surface area contributed by atoms with Crippen LogP contribution in [0.25, 0.3) is 10.9 Å². The van der Waals surface area contributed by atoms with Gasteiger partial charge in [-0.1, -0.05) is 18.2 Å². The summed E-state index contributed by atoms with van der Waals surface area (Å²) >= 11 is 0. The van der Waals surface area contributed by atoms with Gasteiger partial charge in [0.15, 0.2) is 0 Å². The van der Waals surface area contributed by atoms with Crippen molar-refractivity contribution in [2.75, 3.05) is 14.1 Å². The summed E-state index contributed by atoms with van der Waals surface area (Å²) in [5.74, 6) is -0.923. The SMILES string of the molecule is CCn1c(C)c(C(=O)C(=O)N(C)C)c2ccccc21. The molecule has 1 heterocycles. The maximum absolute atomic E-state index is 12.3. The van der Waals surface area contributed by atoms with Gasteiger partial charge in [0.1, 0.15) is 0 Å². The van der Waals surface area contributed by atoms with E-state index in [1.165, 1.54) is 4.90 Å². The van der Waals surface area contributed by atoms with Crippen molar-refractivity contribution < 1.29 is 9.59 Å². The molecule has 2 aromatic rings. The number of fused-ring (bicyclic) bond motifs is 1. The van der Waals surface area contributed by atoms with Gasteiger partial charge in [0.25, 0.3) is 11.7 Å². The van der Waals surface area contributed by atoms with E-state index in [1.807, 2.05) is 38.1 Å². The molecular formula is C15H18N2O2. The van der Waals surface area contributed by atoms with Crippen LogP contribution in [0, 0.1) is 6.92 Å². The highest BCUT2D eigenvalue weighted by Crippen LogP contribution is 2.26. The molecule has 0 bridgehead atoms. The second-order valence-corrected chi connectivity index (χ2v) is 4.75. The first kappa shape index (κ1) is 13.3. The van der Waals surface area contributed by atoms with E-state index in [-0.39, 0.29) is 0 Å². The first-order valence-corrected chi connectivity index (χ1v) is 6.32. The lowest BCUT2D eigenvalue weighted by Gasteiger charge is -2.09. The monoisotopic (exact) mass is 258 g/mol. The van der Waals surface area contributed by atoms with Crippen molar-refractivity contribution >= 4 is 22.6 Å². The van der Waals surface area contributed by atoms with E-state index in [0.717, 1.165) is 23.1 Å². The molecular weight excluding hydrogens is 240 g/mol. The Bertz CT molecular complexity index is 653. The van der Waals surface area contributed by atoms with Gasteiger partial charge in [0, 0.05) is 37.2 Å². The predicted octanol–water partition coefficient (Wildman–Crippen LogP) is 2.24. The highest BCUT2D eigenvalue weighted by molar-refractivity contribution is 6.45. The number of Topliss-reactive ketones (excluding diaryl/α,β-unsaturated/α-hetero) is 1. The number of likely N-dealkylation sites (N-methyl/N-ethyl adjacent to an activating group) is 1. The van der Waals surface area contributed by atoms with E-state index in [1.54, 1.807) is 14.1 Å². The van der Waals surface area contributed by atoms with E-state index in [2.05, 4.69) is 4.57 Å². The largest absolute Gasteiger partial charge is 0.344 e. The maximum atomic E-state index is 12.3. The molecule has 0 spiro atoms. The minimum atomic E-state index is -0.484. The van der Waals surface area contributed by atoms with Crippen LogP contribution in [0.4, 0.5) is 0 Å². The Morgan fingerprint density at radius 3 is 2.42 bits per heavy atom. The minimum Gasteiger partial charge on any atom is -0.344 e. The second-order valence-electron chi connectivity index (χ2n) is 4.75. The van der Waals surface area contributed by atoms with Crippen LogP contribution >= 0.6 is 0 Å². The molecule has 0 saturated heterocycles. The van der Waals surface area contributed by atoms with Gasteiger partial charge in [0.2, 0.25) is 0 Å². The van der Waals surface area contributed by atoms with Crippen molar-refractivity contribution in [3.05, 3.63) is 35.5 Å². The molecule has 0 radical (unpaired) electrons. The molecule has 1 aromatic carbocycles. The molecule has 0 atom stereocenters. The van der Waals surface area contributed by atoms with Crippen molar-refractivity contribution in [2.45, 2.75) is 20.4 Å². The van der Waals surface area contributed by atoms with Crippen molar-refractivity contribution in [3.8, 4) is 0 Å². The number of rotatable bonds is 3. The zero-order chi connectivity index (χ0) is 14.2. The summed E-state index contributed by atoms with van der Waals surface area (Å²) in [6.07, 6.45) is 0. The number of ketones is 1. The van der Waals surface area contributed by atoms with Gasteiger partial charge in [0.05, 0.1) is 5.56 Å². The Hall–Kier alpha value is -2.10. The Kier molecular flexibility index (Phi) is 3.42. The van der Waals surface area contributed by atoms with Crippen molar-refractivity contribution in [3.63, 3.8) is 0 Å². The van der Waals surface area contributed by atoms with Gasteiger partial charge < -0.3 is 9.47 Å². The summed E-state index contributed by atoms with van der Waals surface area (Å²) in [5, 5.41) is 0.849. The normalized spacial score (nSPS) is 10.7. The third-order valence-electron chi connectivity index (χ3n) is 3.37. The van der Waals surface area contributed by atoms with E-state index in [9.17, 15) is 9.59 Å². The highest BCUT2D eigenvalue weighted by Gasteiger charge is 2.25. The average molecular weight is 258 g/mol. The number of carbonyl (C=O) groups excluding carboxylic acids is 2. The Morgan fingerprint density at radius 2 is 1.84 bits per heavy atom. The fourth-order valence-electron chi connectivity index (χ4n) is 2.44. The summed E-state index contributed by atoms with van der Waals surface area (Å²) in [5.41, 5.74) is 2.37. The van der Waals surface area contributed by atoms with Crippen LogP contribution < -0.4 is 0 Å². The lowest BCUT2D eigenvalue weighted by atomic mass is 10.1. The Balaban J connectivity index is 2.70. The Morgan fingerprint density at radius 1 is 1.21 bits per heavy atom. The number of hydrogen-bond acceptors (Lipinski definition) is 2. The second kappa shape index (κ2) is 4.88. The van der Waals surface area contributed by atoms with Crippen LogP contribution in [0.5, 0.6) is 0 Å². The number of hydrogen-bond donors (Lipinski definition) is 0. The van der Waals surface area contributed by atoms with Crippen LogP contribution in [0.1, 0.15) is 23.0 Å². The lowest BCUT2D eigenvalue weighted by molar-refractivity contribution is -0.124. The van der Waals surface area contributed by atoms with Gasteiger partial charge in [-0.25, -0.2) is 0 Å². The molecule has 4 nitrogen and oxygen atoms in total. The molecule has 2 rings (SSSR count). The number of carbonyl (C=O) groups is 2. The molecule has 0 unspecified atom stereocenters. The quantitative estimate of drug-likeness (QED) is 0.626. The molecule has 4 heteroatoms. The fourth-order valence-corrected chi connectivity index (χ4v) is 2.44. The first-order valence-electron chi connectivity index (χ1n) is 6.32. The minimum absolute atomic E-state index is 0.439. The highest BCUT2D eigenvalue weighted by atomic mass is 16.2. The molecule has 0 fully saturated rings. The predicted molar refractivity (Wildman–Crippen MR) is 75.4 cm³/mol. The molecule has 1 amide bonds. The fraction of sp³-hybridized carbons (Fsp3) is 0.333. The van der Waals surface area contributed by atoms with E-state index in [0.29, 0.717) is 5.56 Å². The van der Waals surface area contributed by atoms with Gasteiger partial charge in [-0.15, -0.1) is 0 Å².